The van der Waals surface area contributed by atoms with Gasteiger partial charge in [-0.1, -0.05) is 17.7 Å². The molecule has 3 aromatic rings. The first-order valence-electron chi connectivity index (χ1n) is 11.0. The number of hydrogen-bond acceptors (Lipinski definition) is 7. The van der Waals surface area contributed by atoms with Crippen LogP contribution in [0.4, 0.5) is 11.5 Å². The second kappa shape index (κ2) is 10.2. The predicted molar refractivity (Wildman–Crippen MR) is 129 cm³/mol. The van der Waals surface area contributed by atoms with Gasteiger partial charge in [-0.2, -0.15) is 0 Å². The van der Waals surface area contributed by atoms with E-state index >= 15 is 0 Å². The third kappa shape index (κ3) is 5.46. The number of nitrogens with one attached hydrogen (secondary N) is 1. The second-order valence-electron chi connectivity index (χ2n) is 8.45. The number of hydrogen-bond donors (Lipinski definition) is 2. The quantitative estimate of drug-likeness (QED) is 0.504. The summed E-state index contributed by atoms with van der Waals surface area (Å²) >= 11 is 6.05. The molecule has 1 aliphatic heterocycles. The van der Waals surface area contributed by atoms with E-state index < -0.39 is 0 Å². The van der Waals surface area contributed by atoms with Crippen molar-refractivity contribution in [2.45, 2.75) is 25.3 Å². The average Bonchev–Trinajstić information content (AvgIpc) is 2.80. The van der Waals surface area contributed by atoms with Gasteiger partial charge in [-0.25, -0.2) is 9.97 Å². The Morgan fingerprint density at radius 1 is 1.27 bits per heavy atom. The summed E-state index contributed by atoms with van der Waals surface area (Å²) in [6, 6.07) is 10.6. The van der Waals surface area contributed by atoms with Crippen molar-refractivity contribution in [1.29, 1.82) is 0 Å². The van der Waals surface area contributed by atoms with E-state index in [0.29, 0.717) is 30.4 Å². The number of amides is 1. The van der Waals surface area contributed by atoms with E-state index in [9.17, 15) is 9.90 Å². The van der Waals surface area contributed by atoms with Gasteiger partial charge in [0.1, 0.15) is 30.3 Å². The number of aromatic hydroxyl groups is 1. The number of ether oxygens (including phenoxy) is 1. The fourth-order valence-electron chi connectivity index (χ4n) is 4.06. The summed E-state index contributed by atoms with van der Waals surface area (Å²) in [6.45, 7) is 1.55. The molecule has 2 aromatic carbocycles. The molecule has 0 aliphatic carbocycles. The Kier molecular flexibility index (Phi) is 7.15. The number of nitrogens with zero attached hydrogens (tertiary/aromatic N) is 4. The highest BCUT2D eigenvalue weighted by Gasteiger charge is 2.27. The van der Waals surface area contributed by atoms with Crippen molar-refractivity contribution >= 4 is 39.9 Å². The number of phenols is 1. The normalized spacial score (nSPS) is 16.2. The summed E-state index contributed by atoms with van der Waals surface area (Å²) in [5.41, 5.74) is 1.42. The van der Waals surface area contributed by atoms with Crippen molar-refractivity contribution in [3.63, 3.8) is 0 Å². The topological polar surface area (TPSA) is 90.8 Å². The number of carbonyl (C=O) groups is 1. The van der Waals surface area contributed by atoms with Gasteiger partial charge < -0.3 is 25.0 Å². The van der Waals surface area contributed by atoms with Crippen LogP contribution in [0.5, 0.6) is 11.5 Å². The van der Waals surface area contributed by atoms with Crippen LogP contribution in [0.15, 0.2) is 42.7 Å². The first kappa shape index (κ1) is 23.1. The molecule has 0 bridgehead atoms. The third-order valence-corrected chi connectivity index (χ3v) is 5.97. The minimum absolute atomic E-state index is 0.0136. The van der Waals surface area contributed by atoms with Crippen molar-refractivity contribution in [3.05, 3.63) is 47.7 Å². The van der Waals surface area contributed by atoms with Gasteiger partial charge >= 0.3 is 0 Å². The molecule has 4 rings (SSSR count). The molecule has 2 N–H and O–H groups in total. The highest BCUT2D eigenvalue weighted by Crippen LogP contribution is 2.34. The van der Waals surface area contributed by atoms with Crippen LogP contribution in [0.3, 0.4) is 0 Å². The number of likely N-dealkylation sites (N-methyl/N-ethyl adjacent to an activating group) is 1. The first-order chi connectivity index (χ1) is 15.9. The van der Waals surface area contributed by atoms with Gasteiger partial charge in [0, 0.05) is 12.2 Å². The molecule has 0 unspecified atom stereocenters. The van der Waals surface area contributed by atoms with E-state index in [1.54, 1.807) is 12.1 Å². The molecular weight excluding hydrogens is 442 g/mol. The predicted octanol–water partition coefficient (Wildman–Crippen LogP) is 4.05. The monoisotopic (exact) mass is 469 g/mol. The Morgan fingerprint density at radius 2 is 2.12 bits per heavy atom. The van der Waals surface area contributed by atoms with Crippen molar-refractivity contribution in [1.82, 2.24) is 19.8 Å². The Bertz CT molecular complexity index is 1140. The summed E-state index contributed by atoms with van der Waals surface area (Å²) in [5, 5.41) is 13.9. The van der Waals surface area contributed by atoms with Crippen LogP contribution < -0.4 is 10.1 Å². The summed E-state index contributed by atoms with van der Waals surface area (Å²) in [6.07, 6.45) is 4.49. The largest absolute Gasteiger partial charge is 0.506 e. The van der Waals surface area contributed by atoms with Gasteiger partial charge in [-0.3, -0.25) is 4.79 Å². The lowest BCUT2D eigenvalue weighted by Crippen LogP contribution is -2.49. The lowest BCUT2D eigenvalue weighted by molar-refractivity contribution is -0.136. The first-order valence-corrected chi connectivity index (χ1v) is 11.4. The fourth-order valence-corrected chi connectivity index (χ4v) is 4.24. The van der Waals surface area contributed by atoms with Crippen LogP contribution >= 0.6 is 11.6 Å². The second-order valence-corrected chi connectivity index (χ2v) is 8.86. The van der Waals surface area contributed by atoms with Crippen LogP contribution in [0.1, 0.15) is 19.3 Å². The van der Waals surface area contributed by atoms with Crippen LogP contribution in [-0.4, -0.2) is 70.6 Å². The highest BCUT2D eigenvalue weighted by molar-refractivity contribution is 6.32. The van der Waals surface area contributed by atoms with Gasteiger partial charge in [-0.05, 0) is 63.7 Å². The van der Waals surface area contributed by atoms with E-state index in [0.717, 1.165) is 36.7 Å². The molecule has 1 aliphatic rings. The van der Waals surface area contributed by atoms with Crippen LogP contribution in [-0.2, 0) is 4.79 Å². The standard InChI is InChI=1S/C24H28ClN5O3/c1-29(2)13-22(32)30-11-4-3-6-17(30)14-33-21-8-5-7-19-23(21)24(27-15-26-19)28-16-9-10-20(31)18(25)12-16/h5,7-10,12,15,17,31H,3-4,6,11,13-14H2,1-2H3,(H,26,27,28)/t17-/m0/s1. The molecule has 33 heavy (non-hydrogen) atoms. The summed E-state index contributed by atoms with van der Waals surface area (Å²) in [4.78, 5) is 25.3. The molecule has 1 fully saturated rings. The molecular formula is C24H28ClN5O3. The number of rotatable bonds is 7. The number of carbonyl (C=O) groups excluding carboxylic acids is 1. The molecule has 1 saturated heterocycles. The number of likely N-dealkylation sites (tertiary alicyclic amines) is 1. The number of fused-ring (bicyclic) bond motifs is 1. The maximum atomic E-state index is 12.7. The van der Waals surface area contributed by atoms with Gasteiger partial charge in [-0.15, -0.1) is 0 Å². The molecule has 0 saturated carbocycles. The zero-order valence-corrected chi connectivity index (χ0v) is 19.5. The molecule has 1 atom stereocenters. The van der Waals surface area contributed by atoms with E-state index in [4.69, 9.17) is 16.3 Å². The van der Waals surface area contributed by atoms with Gasteiger partial charge in [0.2, 0.25) is 5.91 Å². The number of phenolic OH excluding ortho intramolecular Hbond substituents is 1. The lowest BCUT2D eigenvalue weighted by Gasteiger charge is -2.36. The summed E-state index contributed by atoms with van der Waals surface area (Å²) < 4.78 is 6.27. The minimum atomic E-state index is 0.0136. The molecule has 174 valence electrons. The number of piperidine rings is 1. The van der Waals surface area contributed by atoms with Crippen molar-refractivity contribution < 1.29 is 14.6 Å². The van der Waals surface area contributed by atoms with Gasteiger partial charge in [0.25, 0.3) is 0 Å². The van der Waals surface area contributed by atoms with E-state index in [1.165, 1.54) is 12.4 Å². The van der Waals surface area contributed by atoms with Gasteiger partial charge in [0.15, 0.2) is 0 Å². The molecule has 9 heteroatoms. The van der Waals surface area contributed by atoms with Crippen molar-refractivity contribution in [2.75, 3.05) is 39.1 Å². The molecule has 0 radical (unpaired) electrons. The molecule has 0 spiro atoms. The Morgan fingerprint density at radius 3 is 2.91 bits per heavy atom. The molecule has 2 heterocycles. The maximum Gasteiger partial charge on any atom is 0.237 e. The smallest absolute Gasteiger partial charge is 0.237 e. The van der Waals surface area contributed by atoms with E-state index in [-0.39, 0.29) is 22.7 Å². The van der Waals surface area contributed by atoms with Crippen molar-refractivity contribution in [2.24, 2.45) is 0 Å². The molecule has 1 aromatic heterocycles. The zero-order valence-electron chi connectivity index (χ0n) is 18.8. The third-order valence-electron chi connectivity index (χ3n) is 5.67. The average molecular weight is 470 g/mol. The van der Waals surface area contributed by atoms with E-state index in [1.807, 2.05) is 42.1 Å². The lowest BCUT2D eigenvalue weighted by atomic mass is 10.0. The Hall–Kier alpha value is -3.10. The van der Waals surface area contributed by atoms with Crippen molar-refractivity contribution in [3.8, 4) is 11.5 Å². The number of anilines is 2. The van der Waals surface area contributed by atoms with Crippen LogP contribution in [0.2, 0.25) is 5.02 Å². The molecule has 1 amide bonds. The number of benzene rings is 2. The van der Waals surface area contributed by atoms with Crippen LogP contribution in [0, 0.1) is 0 Å². The minimum Gasteiger partial charge on any atom is -0.506 e. The number of aromatic nitrogens is 2. The SMILES string of the molecule is CN(C)CC(=O)N1CCCC[C@H]1COc1cccc2ncnc(Nc3ccc(O)c(Cl)c3)c12. The Labute approximate surface area is 198 Å². The highest BCUT2D eigenvalue weighted by atomic mass is 35.5. The number of halogens is 1. The Balaban J connectivity index is 1.57. The maximum absolute atomic E-state index is 12.7. The fraction of sp³-hybridized carbons (Fsp3) is 0.375. The molecule has 8 nitrogen and oxygen atoms in total. The summed E-state index contributed by atoms with van der Waals surface area (Å²) in [7, 11) is 3.80. The van der Waals surface area contributed by atoms with Crippen LogP contribution in [0.25, 0.3) is 10.9 Å². The van der Waals surface area contributed by atoms with Gasteiger partial charge in [0.05, 0.1) is 28.5 Å². The zero-order chi connectivity index (χ0) is 23.4. The van der Waals surface area contributed by atoms with E-state index in [2.05, 4.69) is 15.3 Å². The summed E-state index contributed by atoms with van der Waals surface area (Å²) in [5.74, 6) is 1.35.